The largest absolute Gasteiger partial charge is 0.370 e. The first kappa shape index (κ1) is 18.9. The third-order valence-corrected chi connectivity index (χ3v) is 5.16. The number of aromatic nitrogens is 2. The number of amides is 1. The number of nitrogens with one attached hydrogen (secondary N) is 2. The van der Waals surface area contributed by atoms with Crippen molar-refractivity contribution in [2.75, 3.05) is 10.6 Å². The molecule has 2 heterocycles. The van der Waals surface area contributed by atoms with Gasteiger partial charge >= 0.3 is 0 Å². The Hall–Kier alpha value is -3.45. The summed E-state index contributed by atoms with van der Waals surface area (Å²) in [4.78, 5) is 17.5. The number of hydrogen-bond donors (Lipinski definition) is 2. The van der Waals surface area contributed by atoms with Gasteiger partial charge in [-0.05, 0) is 31.5 Å². The summed E-state index contributed by atoms with van der Waals surface area (Å²) in [5.74, 6) is 0.811. The zero-order valence-electron chi connectivity index (χ0n) is 16.0. The van der Waals surface area contributed by atoms with Crippen molar-refractivity contribution < 1.29 is 9.32 Å². The molecule has 4 rings (SSSR count). The van der Waals surface area contributed by atoms with Crippen LogP contribution >= 0.6 is 11.3 Å². The average molecular weight is 404 g/mol. The van der Waals surface area contributed by atoms with E-state index in [-0.39, 0.29) is 5.91 Å². The highest BCUT2D eigenvalue weighted by atomic mass is 32.1. The Kier molecular flexibility index (Phi) is 5.39. The lowest BCUT2D eigenvalue weighted by Gasteiger charge is -2.19. The molecule has 7 heteroatoms. The number of aryl methyl sites for hydroxylation is 2. The summed E-state index contributed by atoms with van der Waals surface area (Å²) >= 11 is 1.62. The molecule has 0 bridgehead atoms. The van der Waals surface area contributed by atoms with E-state index in [1.54, 1.807) is 24.3 Å². The molecule has 0 aliphatic heterocycles. The van der Waals surface area contributed by atoms with Crippen LogP contribution in [0.2, 0.25) is 0 Å². The summed E-state index contributed by atoms with van der Waals surface area (Å²) in [5, 5.41) is 13.0. The van der Waals surface area contributed by atoms with Crippen LogP contribution in [-0.4, -0.2) is 16.0 Å². The number of benzene rings is 2. The van der Waals surface area contributed by atoms with Gasteiger partial charge in [0.1, 0.15) is 11.8 Å². The quantitative estimate of drug-likeness (QED) is 0.461. The second-order valence-electron chi connectivity index (χ2n) is 6.63. The maximum atomic E-state index is 13.0. The molecule has 146 valence electrons. The summed E-state index contributed by atoms with van der Waals surface area (Å²) < 4.78 is 5.04. The summed E-state index contributed by atoms with van der Waals surface area (Å²) in [6.07, 6.45) is 0. The van der Waals surface area contributed by atoms with E-state index in [4.69, 9.17) is 4.52 Å². The molecule has 0 saturated carbocycles. The second-order valence-corrected chi connectivity index (χ2v) is 7.69. The van der Waals surface area contributed by atoms with Gasteiger partial charge in [-0.15, -0.1) is 11.3 Å². The summed E-state index contributed by atoms with van der Waals surface area (Å²) in [6.45, 7) is 3.77. The highest BCUT2D eigenvalue weighted by Gasteiger charge is 2.21. The van der Waals surface area contributed by atoms with Gasteiger partial charge in [-0.2, -0.15) is 0 Å². The van der Waals surface area contributed by atoms with Crippen LogP contribution in [0, 0.1) is 13.8 Å². The number of hydrogen-bond acceptors (Lipinski definition) is 6. The summed E-state index contributed by atoms with van der Waals surface area (Å²) in [6, 6.07) is 18.6. The minimum absolute atomic E-state index is 0.219. The summed E-state index contributed by atoms with van der Waals surface area (Å²) in [5.41, 5.74) is 3.68. The van der Waals surface area contributed by atoms with Crippen molar-refractivity contribution in [2.45, 2.75) is 19.9 Å². The van der Waals surface area contributed by atoms with Gasteiger partial charge in [0.15, 0.2) is 5.82 Å². The number of carbonyl (C=O) groups excluding carboxylic acids is 1. The van der Waals surface area contributed by atoms with Crippen LogP contribution in [0.1, 0.15) is 22.4 Å². The molecule has 2 aromatic carbocycles. The monoisotopic (exact) mass is 404 g/mol. The van der Waals surface area contributed by atoms with Crippen molar-refractivity contribution in [3.63, 3.8) is 0 Å². The van der Waals surface area contributed by atoms with Crippen LogP contribution in [0.3, 0.4) is 0 Å². The third-order valence-electron chi connectivity index (χ3n) is 4.39. The number of rotatable bonds is 6. The lowest BCUT2D eigenvalue weighted by atomic mass is 10.1. The number of carbonyl (C=O) groups is 1. The predicted octanol–water partition coefficient (Wildman–Crippen LogP) is 5.21. The Morgan fingerprint density at radius 2 is 1.83 bits per heavy atom. The fourth-order valence-electron chi connectivity index (χ4n) is 2.97. The van der Waals surface area contributed by atoms with Gasteiger partial charge in [0.25, 0.3) is 5.91 Å². The minimum atomic E-state index is -0.583. The minimum Gasteiger partial charge on any atom is -0.370 e. The Bertz CT molecular complexity index is 1100. The topological polar surface area (TPSA) is 80.0 Å². The fraction of sp³-hybridized carbons (Fsp3) is 0.136. The molecule has 0 fully saturated rings. The van der Waals surface area contributed by atoms with E-state index in [1.807, 2.05) is 66.9 Å². The fourth-order valence-corrected chi connectivity index (χ4v) is 3.59. The lowest BCUT2D eigenvalue weighted by Crippen LogP contribution is -2.27. The Morgan fingerprint density at radius 3 is 2.45 bits per heavy atom. The summed E-state index contributed by atoms with van der Waals surface area (Å²) in [7, 11) is 0. The van der Waals surface area contributed by atoms with Crippen molar-refractivity contribution >= 4 is 28.7 Å². The average Bonchev–Trinajstić information content (AvgIpc) is 3.35. The Balaban J connectivity index is 1.56. The molecule has 4 aromatic rings. The molecule has 6 nitrogen and oxygen atoms in total. The number of nitrogens with zero attached hydrogens (tertiary/aromatic N) is 2. The molecule has 0 aliphatic carbocycles. The molecule has 0 aliphatic rings. The van der Waals surface area contributed by atoms with Gasteiger partial charge in [-0.1, -0.05) is 47.6 Å². The third kappa shape index (κ3) is 4.52. The molecule has 29 heavy (non-hydrogen) atoms. The second kappa shape index (κ2) is 8.28. The molecule has 0 spiro atoms. The zero-order valence-corrected chi connectivity index (χ0v) is 16.9. The molecular weight excluding hydrogens is 384 g/mol. The van der Waals surface area contributed by atoms with Crippen molar-refractivity contribution in [3.05, 3.63) is 82.4 Å². The van der Waals surface area contributed by atoms with Gasteiger partial charge in [-0.3, -0.25) is 4.79 Å². The standard InChI is InChI=1S/C22H20N4O2S/c1-14-12-20(26-28-14)25-22(27)21(17-6-4-3-5-7-17)24-18-10-8-16(9-11-18)19-13-29-15(2)23-19/h3-13,21,24H,1-2H3,(H,25,26,27). The predicted molar refractivity (Wildman–Crippen MR) is 115 cm³/mol. The first-order chi connectivity index (χ1) is 14.1. The van der Waals surface area contributed by atoms with Gasteiger partial charge in [0.05, 0.1) is 10.7 Å². The van der Waals surface area contributed by atoms with Crippen molar-refractivity contribution in [1.29, 1.82) is 0 Å². The van der Waals surface area contributed by atoms with E-state index in [9.17, 15) is 4.79 Å². The van der Waals surface area contributed by atoms with Gasteiger partial charge < -0.3 is 15.2 Å². The van der Waals surface area contributed by atoms with Crippen LogP contribution in [0.25, 0.3) is 11.3 Å². The van der Waals surface area contributed by atoms with Crippen molar-refractivity contribution in [3.8, 4) is 11.3 Å². The van der Waals surface area contributed by atoms with E-state index >= 15 is 0 Å². The lowest BCUT2D eigenvalue weighted by molar-refractivity contribution is -0.117. The number of thiazole rings is 1. The van der Waals surface area contributed by atoms with E-state index in [2.05, 4.69) is 20.8 Å². The molecule has 2 aromatic heterocycles. The first-order valence-electron chi connectivity index (χ1n) is 9.17. The van der Waals surface area contributed by atoms with E-state index in [1.165, 1.54) is 0 Å². The highest BCUT2D eigenvalue weighted by Crippen LogP contribution is 2.26. The van der Waals surface area contributed by atoms with Gasteiger partial charge in [0, 0.05) is 22.7 Å². The van der Waals surface area contributed by atoms with Crippen molar-refractivity contribution in [1.82, 2.24) is 10.1 Å². The zero-order chi connectivity index (χ0) is 20.2. The van der Waals surface area contributed by atoms with E-state index < -0.39 is 6.04 Å². The first-order valence-corrected chi connectivity index (χ1v) is 10.0. The normalized spacial score (nSPS) is 11.8. The number of anilines is 2. The molecule has 2 N–H and O–H groups in total. The van der Waals surface area contributed by atoms with Crippen LogP contribution in [0.5, 0.6) is 0 Å². The Labute approximate surface area is 172 Å². The SMILES string of the molecule is Cc1cc(NC(=O)C(Nc2ccc(-c3csc(C)n3)cc2)c2ccccc2)no1. The van der Waals surface area contributed by atoms with Gasteiger partial charge in [-0.25, -0.2) is 4.98 Å². The van der Waals surface area contributed by atoms with Gasteiger partial charge in [0.2, 0.25) is 0 Å². The maximum absolute atomic E-state index is 13.0. The van der Waals surface area contributed by atoms with Crippen LogP contribution < -0.4 is 10.6 Å². The maximum Gasteiger partial charge on any atom is 0.252 e. The molecule has 0 saturated heterocycles. The van der Waals surface area contributed by atoms with E-state index in [0.29, 0.717) is 11.6 Å². The van der Waals surface area contributed by atoms with Crippen LogP contribution in [0.4, 0.5) is 11.5 Å². The highest BCUT2D eigenvalue weighted by molar-refractivity contribution is 7.09. The molecule has 1 unspecified atom stereocenters. The van der Waals surface area contributed by atoms with Crippen LogP contribution in [-0.2, 0) is 4.79 Å². The smallest absolute Gasteiger partial charge is 0.252 e. The molecular formula is C22H20N4O2S. The van der Waals surface area contributed by atoms with Crippen LogP contribution in [0.15, 0.2) is 70.6 Å². The Morgan fingerprint density at radius 1 is 1.07 bits per heavy atom. The molecule has 0 radical (unpaired) electrons. The molecule has 1 atom stereocenters. The van der Waals surface area contributed by atoms with E-state index in [0.717, 1.165) is 27.5 Å². The molecule has 1 amide bonds. The van der Waals surface area contributed by atoms with Crippen molar-refractivity contribution in [2.24, 2.45) is 0 Å².